The molecule has 0 aliphatic carbocycles. The van der Waals surface area contributed by atoms with Gasteiger partial charge in [0.2, 0.25) is 0 Å². The molecule has 1 fully saturated rings. The third kappa shape index (κ3) is 1.90. The van der Waals surface area contributed by atoms with Crippen molar-refractivity contribution in [3.05, 3.63) is 0 Å². The second-order valence-corrected chi connectivity index (χ2v) is 3.08. The predicted molar refractivity (Wildman–Crippen MR) is 42.0 cm³/mol. The molecule has 0 radical (unpaired) electrons. The van der Waals surface area contributed by atoms with Crippen LogP contribution in [0.3, 0.4) is 0 Å². The summed E-state index contributed by atoms with van der Waals surface area (Å²) in [4.78, 5) is 0. The van der Waals surface area contributed by atoms with E-state index in [1.165, 1.54) is 0 Å². The van der Waals surface area contributed by atoms with Crippen LogP contribution in [0, 0.1) is 0 Å². The van der Waals surface area contributed by atoms with Crippen molar-refractivity contribution in [1.82, 2.24) is 0 Å². The van der Waals surface area contributed by atoms with Gasteiger partial charge >= 0.3 is 0 Å². The zero-order valence-corrected chi connectivity index (χ0v) is 6.73. The zero-order valence-electron chi connectivity index (χ0n) is 6.73. The molecule has 0 spiro atoms. The average molecular weight is 160 g/mol. The Morgan fingerprint density at radius 3 is 2.73 bits per heavy atom. The molecule has 4 heteroatoms. The summed E-state index contributed by atoms with van der Waals surface area (Å²) in [7, 11) is 0. The molecular weight excluding hydrogens is 144 g/mol. The van der Waals surface area contributed by atoms with Crippen molar-refractivity contribution in [2.75, 3.05) is 6.54 Å². The highest BCUT2D eigenvalue weighted by Gasteiger charge is 2.31. The van der Waals surface area contributed by atoms with Gasteiger partial charge in [0.25, 0.3) is 0 Å². The number of ether oxygens (including phenoxy) is 1. The van der Waals surface area contributed by atoms with Gasteiger partial charge in [0, 0.05) is 13.0 Å². The Balaban J connectivity index is 2.47. The van der Waals surface area contributed by atoms with Gasteiger partial charge in [-0.1, -0.05) is 0 Å². The van der Waals surface area contributed by atoms with E-state index in [4.69, 9.17) is 16.2 Å². The highest BCUT2D eigenvalue weighted by molar-refractivity contribution is 4.86. The van der Waals surface area contributed by atoms with Crippen LogP contribution in [-0.4, -0.2) is 36.0 Å². The van der Waals surface area contributed by atoms with Crippen molar-refractivity contribution in [3.63, 3.8) is 0 Å². The molecule has 5 N–H and O–H groups in total. The molecule has 1 aliphatic heterocycles. The van der Waals surface area contributed by atoms with Gasteiger partial charge in [-0.05, 0) is 6.92 Å². The van der Waals surface area contributed by atoms with Gasteiger partial charge in [0.05, 0.1) is 24.4 Å². The molecule has 4 nitrogen and oxygen atoms in total. The summed E-state index contributed by atoms with van der Waals surface area (Å²) in [6.07, 6.45) is -0.0263. The molecular formula is C7H16N2O2. The first kappa shape index (κ1) is 8.93. The lowest BCUT2D eigenvalue weighted by molar-refractivity contribution is -0.0965. The van der Waals surface area contributed by atoms with Crippen LogP contribution >= 0.6 is 0 Å². The fourth-order valence-corrected chi connectivity index (χ4v) is 1.34. The number of aliphatic hydroxyl groups is 1. The standard InChI is InChI=1S/C7H16N2O2/c1-4-7(9)6(10)2-5(3-8)11-4/h4-7,10H,2-3,8-9H2,1H3/t4-,5-,6+,7+/m1/s1. The maximum absolute atomic E-state index is 9.39. The molecule has 0 aromatic heterocycles. The van der Waals surface area contributed by atoms with E-state index in [1.807, 2.05) is 6.92 Å². The van der Waals surface area contributed by atoms with E-state index in [1.54, 1.807) is 0 Å². The van der Waals surface area contributed by atoms with Gasteiger partial charge in [-0.2, -0.15) is 0 Å². The minimum absolute atomic E-state index is 0.0280. The van der Waals surface area contributed by atoms with Crippen LogP contribution in [0.5, 0.6) is 0 Å². The lowest BCUT2D eigenvalue weighted by Gasteiger charge is -2.35. The van der Waals surface area contributed by atoms with Gasteiger partial charge in [0.1, 0.15) is 0 Å². The quantitative estimate of drug-likeness (QED) is 0.450. The van der Waals surface area contributed by atoms with Crippen molar-refractivity contribution < 1.29 is 9.84 Å². The molecule has 0 amide bonds. The van der Waals surface area contributed by atoms with E-state index in [9.17, 15) is 5.11 Å². The van der Waals surface area contributed by atoms with Crippen molar-refractivity contribution in [1.29, 1.82) is 0 Å². The predicted octanol–water partition coefficient (Wildman–Crippen LogP) is -1.19. The Labute approximate surface area is 66.5 Å². The lowest BCUT2D eigenvalue weighted by atomic mass is 9.97. The normalized spacial score (nSPS) is 45.8. The van der Waals surface area contributed by atoms with Crippen LogP contribution in [0.1, 0.15) is 13.3 Å². The van der Waals surface area contributed by atoms with Gasteiger partial charge in [-0.3, -0.25) is 0 Å². The zero-order chi connectivity index (χ0) is 8.43. The Bertz CT molecular complexity index is 120. The molecule has 0 unspecified atom stereocenters. The SMILES string of the molecule is C[C@H]1O[C@@H](CN)C[C@H](O)[C@H]1N. The molecule has 0 saturated carbocycles. The largest absolute Gasteiger partial charge is 0.391 e. The second-order valence-electron chi connectivity index (χ2n) is 3.08. The van der Waals surface area contributed by atoms with Crippen molar-refractivity contribution in [2.24, 2.45) is 11.5 Å². The van der Waals surface area contributed by atoms with Crippen molar-refractivity contribution in [2.45, 2.75) is 37.7 Å². The number of rotatable bonds is 1. The van der Waals surface area contributed by atoms with E-state index < -0.39 is 6.10 Å². The summed E-state index contributed by atoms with van der Waals surface area (Å²) in [5.41, 5.74) is 11.0. The van der Waals surface area contributed by atoms with Crippen LogP contribution < -0.4 is 11.5 Å². The Kier molecular flexibility index (Phi) is 2.84. The van der Waals surface area contributed by atoms with Crippen molar-refractivity contribution in [3.8, 4) is 0 Å². The molecule has 0 bridgehead atoms. The number of hydrogen-bond acceptors (Lipinski definition) is 4. The molecule has 1 aliphatic rings. The molecule has 1 saturated heterocycles. The maximum atomic E-state index is 9.39. The maximum Gasteiger partial charge on any atom is 0.0741 e. The van der Waals surface area contributed by atoms with Crippen LogP contribution in [0.2, 0.25) is 0 Å². The van der Waals surface area contributed by atoms with E-state index in [0.717, 1.165) is 0 Å². The lowest BCUT2D eigenvalue weighted by Crippen LogP contribution is -2.53. The van der Waals surface area contributed by atoms with E-state index in [0.29, 0.717) is 13.0 Å². The summed E-state index contributed by atoms with van der Waals surface area (Å²) in [5, 5.41) is 9.39. The summed E-state index contributed by atoms with van der Waals surface area (Å²) in [6.45, 7) is 2.31. The summed E-state index contributed by atoms with van der Waals surface area (Å²) in [6, 6.07) is -0.266. The average Bonchev–Trinajstić information content (AvgIpc) is 1.99. The van der Waals surface area contributed by atoms with E-state index in [-0.39, 0.29) is 18.2 Å². The smallest absolute Gasteiger partial charge is 0.0741 e. The Hall–Kier alpha value is -0.160. The second kappa shape index (κ2) is 3.49. The molecule has 4 atom stereocenters. The molecule has 0 aromatic carbocycles. The first-order chi connectivity index (χ1) is 5.15. The molecule has 11 heavy (non-hydrogen) atoms. The van der Waals surface area contributed by atoms with Gasteiger partial charge < -0.3 is 21.3 Å². The first-order valence-corrected chi connectivity index (χ1v) is 3.94. The minimum Gasteiger partial charge on any atom is -0.391 e. The minimum atomic E-state index is -0.465. The molecule has 1 rings (SSSR count). The van der Waals surface area contributed by atoms with E-state index >= 15 is 0 Å². The number of hydrogen-bond donors (Lipinski definition) is 3. The summed E-state index contributed by atoms with van der Waals surface area (Å²) in [5.74, 6) is 0. The Morgan fingerprint density at radius 2 is 2.27 bits per heavy atom. The van der Waals surface area contributed by atoms with Crippen molar-refractivity contribution >= 4 is 0 Å². The van der Waals surface area contributed by atoms with Gasteiger partial charge in [0.15, 0.2) is 0 Å². The molecule has 0 aromatic rings. The fourth-order valence-electron chi connectivity index (χ4n) is 1.34. The number of aliphatic hydroxyl groups excluding tert-OH is 1. The van der Waals surface area contributed by atoms with E-state index in [2.05, 4.69) is 0 Å². The molecule has 66 valence electrons. The molecule has 1 heterocycles. The van der Waals surface area contributed by atoms with Gasteiger partial charge in [-0.15, -0.1) is 0 Å². The summed E-state index contributed by atoms with van der Waals surface area (Å²) >= 11 is 0. The third-order valence-corrected chi connectivity index (χ3v) is 2.16. The Morgan fingerprint density at radius 1 is 1.64 bits per heavy atom. The fraction of sp³-hybridized carbons (Fsp3) is 1.00. The van der Waals surface area contributed by atoms with Gasteiger partial charge in [-0.25, -0.2) is 0 Å². The van der Waals surface area contributed by atoms with Crippen LogP contribution in [0.25, 0.3) is 0 Å². The first-order valence-electron chi connectivity index (χ1n) is 3.94. The van der Waals surface area contributed by atoms with Crippen LogP contribution in [0.15, 0.2) is 0 Å². The third-order valence-electron chi connectivity index (χ3n) is 2.16. The highest BCUT2D eigenvalue weighted by Crippen LogP contribution is 2.17. The monoisotopic (exact) mass is 160 g/mol. The van der Waals surface area contributed by atoms with Crippen LogP contribution in [-0.2, 0) is 4.74 Å². The summed E-state index contributed by atoms with van der Waals surface area (Å²) < 4.78 is 5.41. The topological polar surface area (TPSA) is 81.5 Å². The van der Waals surface area contributed by atoms with Crippen LogP contribution in [0.4, 0.5) is 0 Å². The number of nitrogens with two attached hydrogens (primary N) is 2. The highest BCUT2D eigenvalue weighted by atomic mass is 16.5.